The van der Waals surface area contributed by atoms with E-state index < -0.39 is 40.1 Å². The number of nitro benzene ring substituents is 2. The molecule has 2 heterocycles. The highest BCUT2D eigenvalue weighted by atomic mass is 19.3. The Bertz CT molecular complexity index is 1280. The smallest absolute Gasteiger partial charge is 0.281 e. The molecule has 4 rings (SSSR count). The van der Waals surface area contributed by atoms with Crippen molar-refractivity contribution in [3.05, 3.63) is 60.9 Å². The minimum Gasteiger partial charge on any atom is -0.324 e. The number of aromatic nitrogens is 3. The van der Waals surface area contributed by atoms with Crippen molar-refractivity contribution in [2.45, 2.75) is 45.6 Å². The summed E-state index contributed by atoms with van der Waals surface area (Å²) in [6.45, 7) is 2.35. The van der Waals surface area contributed by atoms with Crippen LogP contribution in [0.5, 0.6) is 0 Å². The number of benzene rings is 1. The first-order valence-electron chi connectivity index (χ1n) is 9.96. The van der Waals surface area contributed by atoms with E-state index in [0.29, 0.717) is 5.69 Å². The van der Waals surface area contributed by atoms with Gasteiger partial charge in [0, 0.05) is 29.3 Å². The summed E-state index contributed by atoms with van der Waals surface area (Å²) in [6, 6.07) is 3.42. The SMILES string of the molecule is Cc1c([N+](=O)[O-])cc(NC(=O)Cn2nc(C)c3c(C(F)F)cc(C4CC4)nc32)cc1[N+](=O)[O-]. The molecule has 1 aliphatic carbocycles. The predicted octanol–water partition coefficient (Wildman–Crippen LogP) is 4.32. The van der Waals surface area contributed by atoms with Gasteiger partial charge in [-0.15, -0.1) is 0 Å². The number of anilines is 1. The zero-order valence-corrected chi connectivity index (χ0v) is 17.5. The first-order chi connectivity index (χ1) is 15.6. The minimum atomic E-state index is -2.74. The van der Waals surface area contributed by atoms with Crippen molar-refractivity contribution < 1.29 is 23.4 Å². The number of fused-ring (bicyclic) bond motifs is 1. The van der Waals surface area contributed by atoms with E-state index in [1.807, 2.05) is 0 Å². The number of carbonyl (C=O) groups excluding carboxylic acids is 1. The van der Waals surface area contributed by atoms with Crippen LogP contribution in [0.3, 0.4) is 0 Å². The van der Waals surface area contributed by atoms with Crippen molar-refractivity contribution in [1.29, 1.82) is 0 Å². The maximum Gasteiger partial charge on any atom is 0.281 e. The van der Waals surface area contributed by atoms with E-state index in [0.717, 1.165) is 25.0 Å². The fourth-order valence-electron chi connectivity index (χ4n) is 3.75. The van der Waals surface area contributed by atoms with Crippen molar-refractivity contribution in [2.24, 2.45) is 0 Å². The summed E-state index contributed by atoms with van der Waals surface area (Å²) in [7, 11) is 0. The van der Waals surface area contributed by atoms with Gasteiger partial charge in [0.2, 0.25) is 5.91 Å². The van der Waals surface area contributed by atoms with Gasteiger partial charge < -0.3 is 5.32 Å². The first kappa shape index (κ1) is 22.2. The van der Waals surface area contributed by atoms with Gasteiger partial charge in [0.1, 0.15) is 12.1 Å². The lowest BCUT2D eigenvalue weighted by Crippen LogP contribution is -2.20. The van der Waals surface area contributed by atoms with Gasteiger partial charge in [-0.3, -0.25) is 25.0 Å². The molecule has 0 bridgehead atoms. The minimum absolute atomic E-state index is 0.0954. The molecule has 1 aromatic carbocycles. The molecule has 1 aliphatic rings. The lowest BCUT2D eigenvalue weighted by Gasteiger charge is -2.09. The van der Waals surface area contributed by atoms with Crippen LogP contribution >= 0.6 is 0 Å². The highest BCUT2D eigenvalue weighted by Gasteiger charge is 2.29. The molecule has 0 saturated heterocycles. The van der Waals surface area contributed by atoms with Crippen LogP contribution in [0.2, 0.25) is 0 Å². The van der Waals surface area contributed by atoms with Gasteiger partial charge in [-0.1, -0.05) is 0 Å². The van der Waals surface area contributed by atoms with Gasteiger partial charge in [-0.2, -0.15) is 5.10 Å². The molecule has 0 unspecified atom stereocenters. The Hall–Kier alpha value is -4.03. The van der Waals surface area contributed by atoms with Crippen molar-refractivity contribution in [3.63, 3.8) is 0 Å². The molecule has 1 saturated carbocycles. The van der Waals surface area contributed by atoms with Crippen LogP contribution in [-0.4, -0.2) is 30.5 Å². The lowest BCUT2D eigenvalue weighted by atomic mass is 10.1. The molecule has 33 heavy (non-hydrogen) atoms. The molecular formula is C20H18F2N6O5. The fourth-order valence-corrected chi connectivity index (χ4v) is 3.75. The van der Waals surface area contributed by atoms with E-state index in [4.69, 9.17) is 0 Å². The van der Waals surface area contributed by atoms with E-state index in [2.05, 4.69) is 15.4 Å². The number of pyridine rings is 1. The summed E-state index contributed by atoms with van der Waals surface area (Å²) in [5, 5.41) is 29.2. The molecule has 172 valence electrons. The Morgan fingerprint density at radius 2 is 1.79 bits per heavy atom. The Kier molecular flexibility index (Phi) is 5.47. The molecule has 0 aliphatic heterocycles. The normalized spacial score (nSPS) is 13.5. The number of hydrogen-bond donors (Lipinski definition) is 1. The molecule has 0 atom stereocenters. The van der Waals surface area contributed by atoms with Crippen LogP contribution < -0.4 is 5.32 Å². The van der Waals surface area contributed by atoms with E-state index >= 15 is 0 Å². The van der Waals surface area contributed by atoms with E-state index in [9.17, 15) is 33.8 Å². The van der Waals surface area contributed by atoms with E-state index in [1.54, 1.807) is 0 Å². The summed E-state index contributed by atoms with van der Waals surface area (Å²) in [5.74, 6) is -0.609. The molecule has 0 radical (unpaired) electrons. The molecule has 2 aromatic heterocycles. The van der Waals surface area contributed by atoms with Crippen molar-refractivity contribution in [3.8, 4) is 0 Å². The third-order valence-electron chi connectivity index (χ3n) is 5.48. The summed E-state index contributed by atoms with van der Waals surface area (Å²) < 4.78 is 28.6. The van der Waals surface area contributed by atoms with Crippen LogP contribution in [0.15, 0.2) is 18.2 Å². The fraction of sp³-hybridized carbons (Fsp3) is 0.350. The molecule has 1 amide bonds. The Morgan fingerprint density at radius 3 is 2.30 bits per heavy atom. The van der Waals surface area contributed by atoms with E-state index in [1.165, 1.54) is 24.6 Å². The third kappa shape index (κ3) is 4.21. The second-order valence-electron chi connectivity index (χ2n) is 7.85. The molecule has 1 N–H and O–H groups in total. The van der Waals surface area contributed by atoms with Gasteiger partial charge in [-0.25, -0.2) is 18.4 Å². The zero-order chi connectivity index (χ0) is 24.0. The second kappa shape index (κ2) is 8.15. The van der Waals surface area contributed by atoms with Crippen LogP contribution in [0.1, 0.15) is 47.7 Å². The molecule has 11 nitrogen and oxygen atoms in total. The topological polar surface area (TPSA) is 146 Å². The van der Waals surface area contributed by atoms with E-state index in [-0.39, 0.29) is 39.5 Å². The second-order valence-corrected chi connectivity index (χ2v) is 7.85. The van der Waals surface area contributed by atoms with Crippen molar-refractivity contribution in [1.82, 2.24) is 14.8 Å². The van der Waals surface area contributed by atoms with Crippen LogP contribution in [0.4, 0.5) is 25.8 Å². The average Bonchev–Trinajstić information content (AvgIpc) is 3.53. The molecule has 3 aromatic rings. The largest absolute Gasteiger partial charge is 0.324 e. The number of halogens is 2. The number of alkyl halides is 2. The third-order valence-corrected chi connectivity index (χ3v) is 5.48. The summed E-state index contributed by atoms with van der Waals surface area (Å²) in [6.07, 6.45) is -1.05. The number of nitrogens with zero attached hydrogens (tertiary/aromatic N) is 5. The Labute approximate surface area is 184 Å². The summed E-state index contributed by atoms with van der Waals surface area (Å²) in [4.78, 5) is 38.0. The summed E-state index contributed by atoms with van der Waals surface area (Å²) in [5.41, 5.74) is -0.577. The molecule has 1 fully saturated rings. The number of rotatable bonds is 7. The molecule has 13 heteroatoms. The van der Waals surface area contributed by atoms with Crippen LogP contribution in [0.25, 0.3) is 11.0 Å². The molecule has 0 spiro atoms. The van der Waals surface area contributed by atoms with Crippen LogP contribution in [-0.2, 0) is 11.3 Å². The maximum absolute atomic E-state index is 13.7. The van der Waals surface area contributed by atoms with Crippen molar-refractivity contribution in [2.75, 3.05) is 5.32 Å². The zero-order valence-electron chi connectivity index (χ0n) is 17.5. The van der Waals surface area contributed by atoms with Gasteiger partial charge in [0.15, 0.2) is 5.65 Å². The summed E-state index contributed by atoms with van der Waals surface area (Å²) >= 11 is 0. The standard InChI is InChI=1S/C20H18F2N6O5/c1-9-15(27(30)31)5-12(6-16(9)28(32)33)23-17(29)8-26-20-18(10(2)25-26)13(19(21)22)7-14(24-20)11-3-4-11/h5-7,11,19H,3-4,8H2,1-2H3,(H,23,29). The maximum atomic E-state index is 13.7. The monoisotopic (exact) mass is 460 g/mol. The Balaban J connectivity index is 1.68. The Morgan fingerprint density at radius 1 is 1.18 bits per heavy atom. The predicted molar refractivity (Wildman–Crippen MR) is 112 cm³/mol. The highest BCUT2D eigenvalue weighted by Crippen LogP contribution is 2.42. The highest BCUT2D eigenvalue weighted by molar-refractivity contribution is 5.93. The number of nitro groups is 2. The lowest BCUT2D eigenvalue weighted by molar-refractivity contribution is -0.395. The number of amides is 1. The van der Waals surface area contributed by atoms with Gasteiger partial charge in [0.25, 0.3) is 17.8 Å². The first-order valence-corrected chi connectivity index (χ1v) is 9.96. The van der Waals surface area contributed by atoms with Crippen LogP contribution in [0, 0.1) is 34.1 Å². The molecular weight excluding hydrogens is 442 g/mol. The van der Waals surface area contributed by atoms with Crippen molar-refractivity contribution >= 4 is 34.0 Å². The number of nitrogens with one attached hydrogen (secondary N) is 1. The van der Waals surface area contributed by atoms with Gasteiger partial charge in [-0.05, 0) is 32.8 Å². The average molecular weight is 460 g/mol. The number of carbonyl (C=O) groups is 1. The quantitative estimate of drug-likeness (QED) is 0.408. The van der Waals surface area contributed by atoms with Gasteiger partial charge in [0.05, 0.1) is 26.6 Å². The number of aryl methyl sites for hydroxylation is 1. The number of hydrogen-bond acceptors (Lipinski definition) is 7. The van der Waals surface area contributed by atoms with Gasteiger partial charge >= 0.3 is 0 Å².